The van der Waals surface area contributed by atoms with Gasteiger partial charge >= 0.3 is 0 Å². The molecule has 0 aliphatic heterocycles. The van der Waals surface area contributed by atoms with Crippen molar-refractivity contribution in [1.29, 1.82) is 0 Å². The van der Waals surface area contributed by atoms with Crippen molar-refractivity contribution in [1.82, 2.24) is 4.98 Å². The Labute approximate surface area is 81.6 Å². The quantitative estimate of drug-likeness (QED) is 0.750. The van der Waals surface area contributed by atoms with E-state index in [1.807, 2.05) is 19.1 Å². The number of benzene rings is 1. The SMILES string of the molecule is CCc1cc2ccnc(N)c2cc1F. The number of halogens is 1. The second-order valence-corrected chi connectivity index (χ2v) is 3.21. The molecule has 0 bridgehead atoms. The molecule has 1 aromatic heterocycles. The number of hydrogen-bond donors (Lipinski definition) is 1. The van der Waals surface area contributed by atoms with Crippen LogP contribution in [0.3, 0.4) is 0 Å². The van der Waals surface area contributed by atoms with Crippen molar-refractivity contribution in [2.75, 3.05) is 5.73 Å². The van der Waals surface area contributed by atoms with Crippen molar-refractivity contribution in [3.05, 3.63) is 35.8 Å². The van der Waals surface area contributed by atoms with E-state index in [9.17, 15) is 4.39 Å². The van der Waals surface area contributed by atoms with E-state index in [0.29, 0.717) is 23.2 Å². The van der Waals surface area contributed by atoms with Crippen molar-refractivity contribution in [2.24, 2.45) is 0 Å². The summed E-state index contributed by atoms with van der Waals surface area (Å²) in [5, 5.41) is 1.62. The van der Waals surface area contributed by atoms with Crippen LogP contribution in [0.15, 0.2) is 24.4 Å². The Morgan fingerprint density at radius 1 is 1.43 bits per heavy atom. The maximum absolute atomic E-state index is 13.4. The fraction of sp³-hybridized carbons (Fsp3) is 0.182. The minimum Gasteiger partial charge on any atom is -0.383 e. The Morgan fingerprint density at radius 3 is 2.93 bits per heavy atom. The van der Waals surface area contributed by atoms with E-state index < -0.39 is 0 Å². The molecule has 0 fully saturated rings. The highest BCUT2D eigenvalue weighted by atomic mass is 19.1. The van der Waals surface area contributed by atoms with Crippen molar-refractivity contribution >= 4 is 16.6 Å². The molecule has 2 N–H and O–H groups in total. The van der Waals surface area contributed by atoms with Gasteiger partial charge in [-0.15, -0.1) is 0 Å². The lowest BCUT2D eigenvalue weighted by molar-refractivity contribution is 0.614. The van der Waals surface area contributed by atoms with Crippen LogP contribution in [0.4, 0.5) is 10.2 Å². The Hall–Kier alpha value is -1.64. The van der Waals surface area contributed by atoms with Gasteiger partial charge < -0.3 is 5.73 Å². The van der Waals surface area contributed by atoms with Crippen LogP contribution in [-0.2, 0) is 6.42 Å². The molecular formula is C11H11FN2. The number of nitrogens with two attached hydrogens (primary N) is 1. The Balaban J connectivity index is 2.79. The van der Waals surface area contributed by atoms with E-state index in [2.05, 4.69) is 4.98 Å². The summed E-state index contributed by atoms with van der Waals surface area (Å²) >= 11 is 0. The van der Waals surface area contributed by atoms with Gasteiger partial charge in [0.05, 0.1) is 0 Å². The lowest BCUT2D eigenvalue weighted by Crippen LogP contribution is -1.94. The van der Waals surface area contributed by atoms with Gasteiger partial charge in [-0.3, -0.25) is 0 Å². The Kier molecular flexibility index (Phi) is 2.08. The first-order valence-corrected chi connectivity index (χ1v) is 4.55. The van der Waals surface area contributed by atoms with Crippen molar-refractivity contribution in [3.63, 3.8) is 0 Å². The van der Waals surface area contributed by atoms with Gasteiger partial charge in [-0.25, -0.2) is 9.37 Å². The summed E-state index contributed by atoms with van der Waals surface area (Å²) in [5.41, 5.74) is 6.35. The highest BCUT2D eigenvalue weighted by Crippen LogP contribution is 2.22. The zero-order valence-electron chi connectivity index (χ0n) is 7.92. The molecule has 14 heavy (non-hydrogen) atoms. The van der Waals surface area contributed by atoms with Gasteiger partial charge in [0, 0.05) is 11.6 Å². The molecule has 0 aliphatic rings. The predicted octanol–water partition coefficient (Wildman–Crippen LogP) is 2.52. The first kappa shape index (κ1) is 8.94. The first-order chi connectivity index (χ1) is 6.72. The number of nitrogen functional groups attached to an aromatic ring is 1. The minimum atomic E-state index is -0.209. The molecule has 1 aromatic carbocycles. The van der Waals surface area contributed by atoms with Crippen LogP contribution in [0.1, 0.15) is 12.5 Å². The summed E-state index contributed by atoms with van der Waals surface area (Å²) in [6.45, 7) is 1.93. The van der Waals surface area contributed by atoms with Crippen LogP contribution >= 0.6 is 0 Å². The van der Waals surface area contributed by atoms with Crippen LogP contribution in [0.5, 0.6) is 0 Å². The van der Waals surface area contributed by atoms with Crippen molar-refractivity contribution in [3.8, 4) is 0 Å². The minimum absolute atomic E-state index is 0.209. The van der Waals surface area contributed by atoms with Crippen LogP contribution in [-0.4, -0.2) is 4.98 Å². The van der Waals surface area contributed by atoms with Gasteiger partial charge in [0.1, 0.15) is 11.6 Å². The molecule has 72 valence electrons. The fourth-order valence-electron chi connectivity index (χ4n) is 1.54. The summed E-state index contributed by atoms with van der Waals surface area (Å²) in [6.07, 6.45) is 2.32. The molecule has 0 saturated carbocycles. The number of nitrogens with zero attached hydrogens (tertiary/aromatic N) is 1. The van der Waals surface area contributed by atoms with Crippen LogP contribution in [0.25, 0.3) is 10.8 Å². The first-order valence-electron chi connectivity index (χ1n) is 4.55. The highest BCUT2D eigenvalue weighted by Gasteiger charge is 2.05. The number of aromatic nitrogens is 1. The van der Waals surface area contributed by atoms with E-state index in [1.165, 1.54) is 6.07 Å². The van der Waals surface area contributed by atoms with Crippen LogP contribution in [0.2, 0.25) is 0 Å². The number of fused-ring (bicyclic) bond motifs is 1. The molecule has 3 heteroatoms. The topological polar surface area (TPSA) is 38.9 Å². The van der Waals surface area contributed by atoms with E-state index in [4.69, 9.17) is 5.73 Å². The second-order valence-electron chi connectivity index (χ2n) is 3.21. The Morgan fingerprint density at radius 2 is 2.21 bits per heavy atom. The van der Waals surface area contributed by atoms with Gasteiger partial charge in [0.25, 0.3) is 0 Å². The lowest BCUT2D eigenvalue weighted by atomic mass is 10.1. The third-order valence-electron chi connectivity index (χ3n) is 2.34. The van der Waals surface area contributed by atoms with Crippen molar-refractivity contribution in [2.45, 2.75) is 13.3 Å². The summed E-state index contributed by atoms with van der Waals surface area (Å²) in [5.74, 6) is 0.170. The summed E-state index contributed by atoms with van der Waals surface area (Å²) < 4.78 is 13.4. The van der Waals surface area contributed by atoms with E-state index >= 15 is 0 Å². The lowest BCUT2D eigenvalue weighted by Gasteiger charge is -2.04. The molecule has 0 unspecified atom stereocenters. The van der Waals surface area contributed by atoms with Crippen LogP contribution < -0.4 is 5.73 Å². The van der Waals surface area contributed by atoms with Crippen molar-refractivity contribution < 1.29 is 4.39 Å². The van der Waals surface area contributed by atoms with Gasteiger partial charge in [-0.2, -0.15) is 0 Å². The molecule has 2 aromatic rings. The molecule has 2 nitrogen and oxygen atoms in total. The molecular weight excluding hydrogens is 179 g/mol. The normalized spacial score (nSPS) is 10.7. The van der Waals surface area contributed by atoms with E-state index in [-0.39, 0.29) is 5.82 Å². The molecule has 1 heterocycles. The molecule has 0 radical (unpaired) electrons. The Bertz CT molecular complexity index is 480. The molecule has 0 atom stereocenters. The zero-order chi connectivity index (χ0) is 10.1. The molecule has 2 rings (SSSR count). The number of hydrogen-bond acceptors (Lipinski definition) is 2. The monoisotopic (exact) mass is 190 g/mol. The van der Waals surface area contributed by atoms with Gasteiger partial charge in [0.2, 0.25) is 0 Å². The maximum atomic E-state index is 13.4. The summed E-state index contributed by atoms with van der Waals surface area (Å²) in [7, 11) is 0. The smallest absolute Gasteiger partial charge is 0.131 e. The number of pyridine rings is 1. The van der Waals surface area contributed by atoms with Gasteiger partial charge in [-0.1, -0.05) is 6.92 Å². The number of rotatable bonds is 1. The molecule has 0 aliphatic carbocycles. The number of anilines is 1. The largest absolute Gasteiger partial charge is 0.383 e. The predicted molar refractivity (Wildman–Crippen MR) is 55.5 cm³/mol. The van der Waals surface area contributed by atoms with Gasteiger partial charge in [0.15, 0.2) is 0 Å². The number of aryl methyl sites for hydroxylation is 1. The molecule has 0 saturated heterocycles. The molecule has 0 spiro atoms. The fourth-order valence-corrected chi connectivity index (χ4v) is 1.54. The maximum Gasteiger partial charge on any atom is 0.131 e. The standard InChI is InChI=1S/C11H11FN2/c1-2-7-5-8-3-4-14-11(13)9(8)6-10(7)12/h3-6H,2H2,1H3,(H2,13,14). The third-order valence-corrected chi connectivity index (χ3v) is 2.34. The van der Waals surface area contributed by atoms with Gasteiger partial charge in [-0.05, 0) is 35.6 Å². The summed E-state index contributed by atoms with van der Waals surface area (Å²) in [4.78, 5) is 3.92. The van der Waals surface area contributed by atoms with E-state index in [0.717, 1.165) is 5.39 Å². The van der Waals surface area contributed by atoms with Crippen LogP contribution in [0, 0.1) is 5.82 Å². The zero-order valence-corrected chi connectivity index (χ0v) is 7.92. The third kappa shape index (κ3) is 1.31. The highest BCUT2D eigenvalue weighted by molar-refractivity contribution is 5.91. The van der Waals surface area contributed by atoms with E-state index in [1.54, 1.807) is 6.20 Å². The second kappa shape index (κ2) is 3.25. The molecule has 0 amide bonds. The summed E-state index contributed by atoms with van der Waals surface area (Å²) in [6, 6.07) is 5.11. The average Bonchev–Trinajstić information content (AvgIpc) is 2.19. The average molecular weight is 190 g/mol.